The number of hydrogen-bond donors (Lipinski definition) is 0. The lowest BCUT2D eigenvalue weighted by molar-refractivity contribution is 0.703. The second-order valence-corrected chi connectivity index (χ2v) is 9.65. The second-order valence-electron chi connectivity index (χ2n) is 8.73. The molecule has 0 aliphatic rings. The molecule has 4 rings (SSSR count). The lowest BCUT2D eigenvalue weighted by Crippen LogP contribution is -2.22. The monoisotopic (exact) mass is 518 g/mol. The smallest absolute Gasteiger partial charge is 0.282 e. The van der Waals surface area contributed by atoms with Crippen LogP contribution in [0.25, 0.3) is 16.6 Å². The summed E-state index contributed by atoms with van der Waals surface area (Å²) in [4.78, 5) is 18.0. The SMILES string of the molecule is CCCCc1ccc(-n2c(C)cc(C=Nn3c(CCC)nc4ccc(Br)cc4c3=O)c2C)cc1. The maximum atomic E-state index is 13.3. The summed E-state index contributed by atoms with van der Waals surface area (Å²) in [6, 6.07) is 16.5. The summed E-state index contributed by atoms with van der Waals surface area (Å²) >= 11 is 3.46. The summed E-state index contributed by atoms with van der Waals surface area (Å²) < 4.78 is 4.53. The van der Waals surface area contributed by atoms with Crippen molar-refractivity contribution < 1.29 is 0 Å². The van der Waals surface area contributed by atoms with E-state index < -0.39 is 0 Å². The number of hydrogen-bond acceptors (Lipinski definition) is 3. The van der Waals surface area contributed by atoms with E-state index in [1.54, 1.807) is 6.21 Å². The highest BCUT2D eigenvalue weighted by molar-refractivity contribution is 9.10. The second kappa shape index (κ2) is 10.5. The molecule has 0 aliphatic heterocycles. The summed E-state index contributed by atoms with van der Waals surface area (Å²) in [6.07, 6.45) is 6.87. The van der Waals surface area contributed by atoms with Crippen molar-refractivity contribution >= 4 is 33.0 Å². The topological polar surface area (TPSA) is 52.2 Å². The summed E-state index contributed by atoms with van der Waals surface area (Å²) in [5.74, 6) is 0.676. The van der Waals surface area contributed by atoms with E-state index in [-0.39, 0.29) is 5.56 Å². The van der Waals surface area contributed by atoms with Crippen LogP contribution >= 0.6 is 15.9 Å². The first kappa shape index (κ1) is 24.1. The lowest BCUT2D eigenvalue weighted by atomic mass is 10.1. The fourth-order valence-corrected chi connectivity index (χ4v) is 4.69. The highest BCUT2D eigenvalue weighted by atomic mass is 79.9. The third-order valence-electron chi connectivity index (χ3n) is 6.15. The number of unbranched alkanes of at least 4 members (excludes halogenated alkanes) is 1. The maximum absolute atomic E-state index is 13.3. The Balaban J connectivity index is 1.72. The number of nitrogens with zero attached hydrogens (tertiary/aromatic N) is 4. The third-order valence-corrected chi connectivity index (χ3v) is 6.64. The molecule has 2 aromatic carbocycles. The van der Waals surface area contributed by atoms with Gasteiger partial charge in [0.1, 0.15) is 5.82 Å². The van der Waals surface area contributed by atoms with Crippen LogP contribution in [0.4, 0.5) is 0 Å². The summed E-state index contributed by atoms with van der Waals surface area (Å²) in [7, 11) is 0. The van der Waals surface area contributed by atoms with Crippen molar-refractivity contribution in [2.24, 2.45) is 5.10 Å². The van der Waals surface area contributed by atoms with Crippen LogP contribution in [-0.4, -0.2) is 20.4 Å². The molecular weight excluding hydrogens is 488 g/mol. The van der Waals surface area contributed by atoms with Crippen LogP contribution in [0.3, 0.4) is 0 Å². The standard InChI is InChI=1S/C28H31BrN4O/c1-5-7-9-21-10-13-24(14-11-21)32-19(3)16-22(20(32)4)18-30-33-27(8-6-2)31-26-15-12-23(29)17-25(26)28(33)34/h10-18H,5-9H2,1-4H3. The summed E-state index contributed by atoms with van der Waals surface area (Å²) in [6.45, 7) is 8.48. The molecular formula is C28H31BrN4O. The molecule has 0 fully saturated rings. The van der Waals surface area contributed by atoms with Crippen molar-refractivity contribution in [2.45, 2.75) is 59.8 Å². The molecule has 6 heteroatoms. The van der Waals surface area contributed by atoms with E-state index in [1.165, 1.54) is 23.1 Å². The number of fused-ring (bicyclic) bond motifs is 1. The third kappa shape index (κ3) is 4.92. The van der Waals surface area contributed by atoms with Gasteiger partial charge in [-0.05, 0) is 75.1 Å². The molecule has 0 saturated heterocycles. The molecule has 2 aromatic heterocycles. The number of rotatable bonds is 8. The van der Waals surface area contributed by atoms with Crippen LogP contribution in [0.5, 0.6) is 0 Å². The molecule has 0 saturated carbocycles. The quantitative estimate of drug-likeness (QED) is 0.242. The van der Waals surface area contributed by atoms with Gasteiger partial charge in [0, 0.05) is 33.5 Å². The van der Waals surface area contributed by atoms with E-state index in [9.17, 15) is 4.79 Å². The highest BCUT2D eigenvalue weighted by Gasteiger charge is 2.13. The summed E-state index contributed by atoms with van der Waals surface area (Å²) in [5, 5.41) is 5.17. The van der Waals surface area contributed by atoms with E-state index in [1.807, 2.05) is 18.2 Å². The van der Waals surface area contributed by atoms with Gasteiger partial charge in [-0.2, -0.15) is 9.78 Å². The minimum absolute atomic E-state index is 0.150. The van der Waals surface area contributed by atoms with Crippen molar-refractivity contribution in [1.82, 2.24) is 14.2 Å². The average molecular weight is 519 g/mol. The van der Waals surface area contributed by atoms with Gasteiger partial charge in [0.25, 0.3) is 5.56 Å². The number of aromatic nitrogens is 3. The Morgan fingerprint density at radius 3 is 2.47 bits per heavy atom. The van der Waals surface area contributed by atoms with Crippen LogP contribution in [-0.2, 0) is 12.8 Å². The van der Waals surface area contributed by atoms with Gasteiger partial charge >= 0.3 is 0 Å². The lowest BCUT2D eigenvalue weighted by Gasteiger charge is -2.11. The molecule has 0 unspecified atom stereocenters. The fourth-order valence-electron chi connectivity index (χ4n) is 4.33. The zero-order valence-corrected chi connectivity index (χ0v) is 21.9. The van der Waals surface area contributed by atoms with Crippen molar-refractivity contribution in [3.05, 3.63) is 91.7 Å². The molecule has 0 spiro atoms. The van der Waals surface area contributed by atoms with Gasteiger partial charge in [-0.25, -0.2) is 4.98 Å². The zero-order valence-electron chi connectivity index (χ0n) is 20.3. The van der Waals surface area contributed by atoms with Crippen LogP contribution in [0.15, 0.2) is 62.9 Å². The maximum Gasteiger partial charge on any atom is 0.282 e. The molecule has 5 nitrogen and oxygen atoms in total. The molecule has 0 atom stereocenters. The van der Waals surface area contributed by atoms with Crippen LogP contribution in [0, 0.1) is 13.8 Å². The Labute approximate surface area is 209 Å². The van der Waals surface area contributed by atoms with E-state index in [2.05, 4.69) is 83.6 Å². The predicted molar refractivity (Wildman–Crippen MR) is 145 cm³/mol. The van der Waals surface area contributed by atoms with Gasteiger partial charge in [0.15, 0.2) is 0 Å². The first-order valence-electron chi connectivity index (χ1n) is 12.0. The van der Waals surface area contributed by atoms with Crippen molar-refractivity contribution in [1.29, 1.82) is 0 Å². The highest BCUT2D eigenvalue weighted by Crippen LogP contribution is 2.21. The molecule has 34 heavy (non-hydrogen) atoms. The van der Waals surface area contributed by atoms with E-state index >= 15 is 0 Å². The van der Waals surface area contributed by atoms with Crippen LogP contribution < -0.4 is 5.56 Å². The van der Waals surface area contributed by atoms with Gasteiger partial charge in [-0.1, -0.05) is 48.3 Å². The van der Waals surface area contributed by atoms with Crippen molar-refractivity contribution in [3.63, 3.8) is 0 Å². The fraction of sp³-hybridized carbons (Fsp3) is 0.321. The van der Waals surface area contributed by atoms with Gasteiger partial charge < -0.3 is 4.57 Å². The molecule has 0 bridgehead atoms. The van der Waals surface area contributed by atoms with Gasteiger partial charge in [0.2, 0.25) is 0 Å². The van der Waals surface area contributed by atoms with Gasteiger partial charge in [0.05, 0.1) is 17.1 Å². The Bertz CT molecular complexity index is 1400. The Morgan fingerprint density at radius 1 is 1.00 bits per heavy atom. The summed E-state index contributed by atoms with van der Waals surface area (Å²) in [5.41, 5.74) is 6.25. The largest absolute Gasteiger partial charge is 0.318 e. The van der Waals surface area contributed by atoms with Crippen LogP contribution in [0.1, 0.15) is 61.4 Å². The molecule has 0 radical (unpaired) electrons. The predicted octanol–water partition coefficient (Wildman–Crippen LogP) is 6.74. The molecule has 2 heterocycles. The number of benzene rings is 2. The molecule has 176 valence electrons. The van der Waals surface area contributed by atoms with Crippen molar-refractivity contribution in [3.8, 4) is 5.69 Å². The average Bonchev–Trinajstić information content (AvgIpc) is 3.11. The molecule has 0 amide bonds. The normalized spacial score (nSPS) is 11.7. The minimum atomic E-state index is -0.150. The van der Waals surface area contributed by atoms with Crippen molar-refractivity contribution in [2.75, 3.05) is 0 Å². The Kier molecular flexibility index (Phi) is 7.47. The van der Waals surface area contributed by atoms with E-state index in [0.717, 1.165) is 40.0 Å². The minimum Gasteiger partial charge on any atom is -0.318 e. The first-order valence-corrected chi connectivity index (χ1v) is 12.8. The van der Waals surface area contributed by atoms with Crippen LogP contribution in [0.2, 0.25) is 0 Å². The Hall–Kier alpha value is -2.99. The molecule has 0 N–H and O–H groups in total. The van der Waals surface area contributed by atoms with Gasteiger partial charge in [-0.3, -0.25) is 4.79 Å². The van der Waals surface area contributed by atoms with E-state index in [4.69, 9.17) is 4.98 Å². The zero-order chi connectivity index (χ0) is 24.2. The number of halogens is 1. The Morgan fingerprint density at radius 2 is 1.76 bits per heavy atom. The molecule has 4 aromatic rings. The first-order chi connectivity index (χ1) is 16.4. The molecule has 0 aliphatic carbocycles. The van der Waals surface area contributed by atoms with E-state index in [0.29, 0.717) is 23.1 Å². The van der Waals surface area contributed by atoms with Gasteiger partial charge in [-0.15, -0.1) is 0 Å². The number of aryl methyl sites for hydroxylation is 3.